The van der Waals surface area contributed by atoms with E-state index in [2.05, 4.69) is 0 Å². The van der Waals surface area contributed by atoms with Crippen molar-refractivity contribution in [2.24, 2.45) is 5.73 Å². The lowest BCUT2D eigenvalue weighted by atomic mass is 10.1. The molecule has 5 nitrogen and oxygen atoms in total. The lowest BCUT2D eigenvalue weighted by Gasteiger charge is -2.15. The molecule has 0 saturated heterocycles. The van der Waals surface area contributed by atoms with Gasteiger partial charge in [0, 0.05) is 13.5 Å². The SMILES string of the molecule is CC(=O)OC(CN)c1ccc2c(c1)OCO2. The Hall–Kier alpha value is -1.75. The molecule has 86 valence electrons. The summed E-state index contributed by atoms with van der Waals surface area (Å²) in [5.74, 6) is 0.999. The summed E-state index contributed by atoms with van der Waals surface area (Å²) < 4.78 is 15.5. The van der Waals surface area contributed by atoms with E-state index in [1.165, 1.54) is 6.92 Å². The second kappa shape index (κ2) is 4.40. The number of hydrogen-bond donors (Lipinski definition) is 1. The van der Waals surface area contributed by atoms with Crippen molar-refractivity contribution in [3.8, 4) is 11.5 Å². The largest absolute Gasteiger partial charge is 0.456 e. The van der Waals surface area contributed by atoms with Gasteiger partial charge in [0.05, 0.1) is 0 Å². The maximum absolute atomic E-state index is 10.9. The molecular weight excluding hydrogens is 210 g/mol. The number of carbonyl (C=O) groups is 1. The fraction of sp³-hybridized carbons (Fsp3) is 0.364. The predicted molar refractivity (Wildman–Crippen MR) is 56.1 cm³/mol. The van der Waals surface area contributed by atoms with Crippen LogP contribution in [0.25, 0.3) is 0 Å². The van der Waals surface area contributed by atoms with E-state index >= 15 is 0 Å². The fourth-order valence-corrected chi connectivity index (χ4v) is 1.57. The molecule has 0 amide bonds. The second-order valence-corrected chi connectivity index (χ2v) is 3.45. The van der Waals surface area contributed by atoms with Crippen LogP contribution in [0.1, 0.15) is 18.6 Å². The Morgan fingerprint density at radius 1 is 1.50 bits per heavy atom. The average Bonchev–Trinajstić information content (AvgIpc) is 2.72. The zero-order valence-corrected chi connectivity index (χ0v) is 8.93. The molecule has 2 rings (SSSR count). The minimum atomic E-state index is -0.438. The van der Waals surface area contributed by atoms with Crippen LogP contribution in [0.5, 0.6) is 11.5 Å². The van der Waals surface area contributed by atoms with Gasteiger partial charge in [0.2, 0.25) is 6.79 Å². The van der Waals surface area contributed by atoms with Crippen LogP contribution in [0.4, 0.5) is 0 Å². The summed E-state index contributed by atoms with van der Waals surface area (Å²) in [6.45, 7) is 1.81. The average molecular weight is 223 g/mol. The van der Waals surface area contributed by atoms with Crippen LogP contribution < -0.4 is 15.2 Å². The highest BCUT2D eigenvalue weighted by atomic mass is 16.7. The summed E-state index contributed by atoms with van der Waals surface area (Å²) in [7, 11) is 0. The summed E-state index contributed by atoms with van der Waals surface area (Å²) in [5.41, 5.74) is 6.36. The Bertz CT molecular complexity index is 405. The maximum Gasteiger partial charge on any atom is 0.303 e. The molecule has 1 aliphatic rings. The summed E-state index contributed by atoms with van der Waals surface area (Å²) in [5, 5.41) is 0. The third kappa shape index (κ3) is 2.09. The molecule has 0 aliphatic carbocycles. The lowest BCUT2D eigenvalue weighted by Crippen LogP contribution is -2.18. The summed E-state index contributed by atoms with van der Waals surface area (Å²) in [6.07, 6.45) is -0.438. The molecule has 5 heteroatoms. The van der Waals surface area contributed by atoms with Crippen molar-refractivity contribution in [2.75, 3.05) is 13.3 Å². The van der Waals surface area contributed by atoms with Crippen molar-refractivity contribution in [3.63, 3.8) is 0 Å². The number of fused-ring (bicyclic) bond motifs is 1. The van der Waals surface area contributed by atoms with Gasteiger partial charge < -0.3 is 19.9 Å². The summed E-state index contributed by atoms with van der Waals surface area (Å²) >= 11 is 0. The molecular formula is C11H13NO4. The van der Waals surface area contributed by atoms with Gasteiger partial charge >= 0.3 is 5.97 Å². The first-order valence-electron chi connectivity index (χ1n) is 4.97. The second-order valence-electron chi connectivity index (χ2n) is 3.45. The molecule has 2 N–H and O–H groups in total. The Kier molecular flexibility index (Phi) is 2.96. The van der Waals surface area contributed by atoms with Gasteiger partial charge in [-0.15, -0.1) is 0 Å². The zero-order chi connectivity index (χ0) is 11.5. The van der Waals surface area contributed by atoms with Gasteiger partial charge in [-0.05, 0) is 17.7 Å². The zero-order valence-electron chi connectivity index (χ0n) is 8.93. The quantitative estimate of drug-likeness (QED) is 0.773. The first-order chi connectivity index (χ1) is 7.70. The predicted octanol–water partition coefficient (Wildman–Crippen LogP) is 0.978. The van der Waals surface area contributed by atoms with E-state index in [4.69, 9.17) is 19.9 Å². The van der Waals surface area contributed by atoms with Gasteiger partial charge in [-0.1, -0.05) is 6.07 Å². The van der Waals surface area contributed by atoms with Crippen LogP contribution in [0.15, 0.2) is 18.2 Å². The van der Waals surface area contributed by atoms with Crippen molar-refractivity contribution in [2.45, 2.75) is 13.0 Å². The molecule has 0 fully saturated rings. The smallest absolute Gasteiger partial charge is 0.303 e. The summed E-state index contributed by atoms with van der Waals surface area (Å²) in [4.78, 5) is 10.9. The van der Waals surface area contributed by atoms with Crippen molar-refractivity contribution in [1.29, 1.82) is 0 Å². The molecule has 1 heterocycles. The number of benzene rings is 1. The Morgan fingerprint density at radius 2 is 2.25 bits per heavy atom. The molecule has 1 atom stereocenters. The van der Waals surface area contributed by atoms with Crippen LogP contribution in [-0.4, -0.2) is 19.3 Å². The third-order valence-corrected chi connectivity index (χ3v) is 2.29. The van der Waals surface area contributed by atoms with Crippen molar-refractivity contribution in [1.82, 2.24) is 0 Å². The van der Waals surface area contributed by atoms with E-state index in [-0.39, 0.29) is 19.3 Å². The van der Waals surface area contributed by atoms with Gasteiger partial charge in [-0.25, -0.2) is 0 Å². The molecule has 0 spiro atoms. The van der Waals surface area contributed by atoms with Crippen LogP contribution in [0.2, 0.25) is 0 Å². The minimum Gasteiger partial charge on any atom is -0.456 e. The van der Waals surface area contributed by atoms with Gasteiger partial charge in [0.15, 0.2) is 11.5 Å². The normalized spacial score (nSPS) is 14.6. The van der Waals surface area contributed by atoms with Crippen LogP contribution >= 0.6 is 0 Å². The molecule has 1 aliphatic heterocycles. The number of rotatable bonds is 3. The Balaban J connectivity index is 2.21. The maximum atomic E-state index is 10.9. The Morgan fingerprint density at radius 3 is 2.94 bits per heavy atom. The highest BCUT2D eigenvalue weighted by molar-refractivity contribution is 5.66. The first-order valence-corrected chi connectivity index (χ1v) is 4.97. The monoisotopic (exact) mass is 223 g/mol. The first kappa shape index (κ1) is 10.8. The van der Waals surface area contributed by atoms with Crippen LogP contribution in [-0.2, 0) is 9.53 Å². The van der Waals surface area contributed by atoms with Gasteiger partial charge in [0.1, 0.15) is 6.10 Å². The van der Waals surface area contributed by atoms with Gasteiger partial charge in [-0.2, -0.15) is 0 Å². The number of nitrogens with two attached hydrogens (primary N) is 1. The standard InChI is InChI=1S/C11H13NO4/c1-7(13)16-11(5-12)8-2-3-9-10(4-8)15-6-14-9/h2-4,11H,5-6,12H2,1H3. The van der Waals surface area contributed by atoms with E-state index in [1.54, 1.807) is 12.1 Å². The Labute approximate surface area is 93.1 Å². The highest BCUT2D eigenvalue weighted by Gasteiger charge is 2.18. The number of esters is 1. The highest BCUT2D eigenvalue weighted by Crippen LogP contribution is 2.34. The molecule has 16 heavy (non-hydrogen) atoms. The van der Waals surface area contributed by atoms with Crippen molar-refractivity contribution >= 4 is 5.97 Å². The van der Waals surface area contributed by atoms with E-state index in [0.29, 0.717) is 11.5 Å². The molecule has 1 unspecified atom stereocenters. The molecule has 0 aromatic heterocycles. The van der Waals surface area contributed by atoms with Crippen LogP contribution in [0, 0.1) is 0 Å². The van der Waals surface area contributed by atoms with Gasteiger partial charge in [-0.3, -0.25) is 4.79 Å². The topological polar surface area (TPSA) is 70.8 Å². The van der Waals surface area contributed by atoms with Crippen molar-refractivity contribution < 1.29 is 19.0 Å². The van der Waals surface area contributed by atoms with Crippen LogP contribution in [0.3, 0.4) is 0 Å². The number of hydrogen-bond acceptors (Lipinski definition) is 5. The third-order valence-electron chi connectivity index (χ3n) is 2.29. The molecule has 1 aromatic rings. The van der Waals surface area contributed by atoms with Gasteiger partial charge in [0.25, 0.3) is 0 Å². The van der Waals surface area contributed by atoms with E-state index in [0.717, 1.165) is 5.56 Å². The van der Waals surface area contributed by atoms with E-state index < -0.39 is 6.10 Å². The van der Waals surface area contributed by atoms with E-state index in [9.17, 15) is 4.79 Å². The molecule has 1 aromatic carbocycles. The number of ether oxygens (including phenoxy) is 3. The molecule has 0 radical (unpaired) electrons. The molecule has 0 saturated carbocycles. The van der Waals surface area contributed by atoms with Crippen molar-refractivity contribution in [3.05, 3.63) is 23.8 Å². The number of carbonyl (C=O) groups excluding carboxylic acids is 1. The fourth-order valence-electron chi connectivity index (χ4n) is 1.57. The molecule has 0 bridgehead atoms. The minimum absolute atomic E-state index is 0.222. The lowest BCUT2D eigenvalue weighted by molar-refractivity contribution is -0.146. The summed E-state index contributed by atoms with van der Waals surface area (Å²) in [6, 6.07) is 5.38. The van der Waals surface area contributed by atoms with E-state index in [1.807, 2.05) is 6.07 Å².